The van der Waals surface area contributed by atoms with Gasteiger partial charge in [-0.3, -0.25) is 9.59 Å². The van der Waals surface area contributed by atoms with Gasteiger partial charge in [0.2, 0.25) is 23.3 Å². The van der Waals surface area contributed by atoms with Gasteiger partial charge in [-0.05, 0) is 12.2 Å². The van der Waals surface area contributed by atoms with E-state index in [0.717, 1.165) is 13.2 Å². The molecule has 0 radical (unpaired) electrons. The summed E-state index contributed by atoms with van der Waals surface area (Å²) in [6.45, 7) is 6.52. The molecule has 85 heavy (non-hydrogen) atoms. The van der Waals surface area contributed by atoms with Crippen molar-refractivity contribution in [2.45, 2.75) is 74.6 Å². The van der Waals surface area contributed by atoms with Crippen LogP contribution in [0.3, 0.4) is 0 Å². The van der Waals surface area contributed by atoms with Crippen molar-refractivity contribution in [2.75, 3.05) is 139 Å². The first-order valence-electron chi connectivity index (χ1n) is 26.1. The summed E-state index contributed by atoms with van der Waals surface area (Å²) >= 11 is 0. The lowest BCUT2D eigenvalue weighted by molar-refractivity contribution is -0.147. The van der Waals surface area contributed by atoms with Crippen molar-refractivity contribution in [1.29, 1.82) is 0 Å². The Morgan fingerprint density at radius 1 is 0.647 bits per heavy atom. The quantitative estimate of drug-likeness (QED) is 0.00683. The number of carbonyl (C=O) groups excluding carboxylic acids is 6. The third kappa shape index (κ3) is 30.9. The number of aliphatic imine (C=N–C) groups is 2. The largest absolute Gasteiger partial charge is 0.508 e. The summed E-state index contributed by atoms with van der Waals surface area (Å²) in [5, 5.41) is 40.4. The Morgan fingerprint density at radius 3 is 1.48 bits per heavy atom. The number of hydrogen-bond acceptors (Lipinski definition) is 26. The number of carbonyl (C=O) groups is 7. The molecule has 15 N–H and O–H groups in total. The molecule has 0 bridgehead atoms. The van der Waals surface area contributed by atoms with Crippen LogP contribution in [0, 0.1) is 24.7 Å². The molecule has 0 saturated carbocycles. The lowest BCUT2D eigenvalue weighted by Crippen LogP contribution is -2.61. The van der Waals surface area contributed by atoms with Gasteiger partial charge in [0.05, 0.1) is 124 Å². The van der Waals surface area contributed by atoms with E-state index in [9.17, 15) is 48.9 Å². The normalized spacial score (nSPS) is 20.4. The van der Waals surface area contributed by atoms with E-state index in [0.29, 0.717) is 66.1 Å². The fraction of sp³-hybridized carbons (Fsp3) is 0.660. The fourth-order valence-corrected chi connectivity index (χ4v) is 7.29. The number of aliphatic hydroxyl groups excluding tert-OH is 2. The molecule has 4 amide bonds. The molecular weight excluding hydrogens is 1140 g/mol. The van der Waals surface area contributed by atoms with Gasteiger partial charge < -0.3 is 131 Å². The van der Waals surface area contributed by atoms with Crippen LogP contribution >= 0.6 is 0 Å². The van der Waals surface area contributed by atoms with Crippen molar-refractivity contribution in [2.24, 2.45) is 32.9 Å². The van der Waals surface area contributed by atoms with E-state index in [2.05, 4.69) is 43.1 Å². The molecule has 3 aliphatic rings. The highest BCUT2D eigenvalue weighted by atomic mass is 16.8. The van der Waals surface area contributed by atoms with Crippen LogP contribution in [-0.4, -0.2) is 269 Å². The number of carboxylic acids is 1. The van der Waals surface area contributed by atoms with Crippen LogP contribution in [0.15, 0.2) is 33.7 Å². The lowest BCUT2D eigenvalue weighted by Gasteiger charge is -2.39. The van der Waals surface area contributed by atoms with E-state index >= 15 is 0 Å². The first-order valence-corrected chi connectivity index (χ1v) is 26.1. The number of carboxylic acid groups (broad SMARTS) is 1. The van der Waals surface area contributed by atoms with Crippen molar-refractivity contribution < 1.29 is 120 Å². The smallest absolute Gasteiger partial charge is 0.478 e. The number of ether oxygens (including phenoxy) is 15. The Bertz CT molecular complexity index is 2290. The number of aliphatic hydroxyl groups is 2. The first kappa shape index (κ1) is 73.1. The summed E-state index contributed by atoms with van der Waals surface area (Å²) in [5.74, 6) is -0.485. The number of hydrogen-bond donors (Lipinski definition) is 11. The number of alkyl carbamates (subject to hydrolysis) is 2. The van der Waals surface area contributed by atoms with Crippen LogP contribution < -0.4 is 44.2 Å². The number of nitrogens with two attached hydrogens (primary N) is 4. The number of amides is 4. The molecule has 1 fully saturated rings. The van der Waals surface area contributed by atoms with Crippen molar-refractivity contribution in [3.8, 4) is 24.7 Å². The number of cyclic esters (lactones) is 2. The third-order valence-corrected chi connectivity index (χ3v) is 10.8. The van der Waals surface area contributed by atoms with E-state index in [1.54, 1.807) is 0 Å². The van der Waals surface area contributed by atoms with Crippen LogP contribution in [0.1, 0.15) is 13.8 Å². The zero-order valence-electron chi connectivity index (χ0n) is 47.3. The summed E-state index contributed by atoms with van der Waals surface area (Å²) in [6, 6.07) is -4.44. The molecule has 3 rings (SSSR count). The van der Waals surface area contributed by atoms with Crippen molar-refractivity contribution in [3.63, 3.8) is 0 Å². The zero-order chi connectivity index (χ0) is 62.9. The molecule has 0 spiro atoms. The Kier molecular flexibility index (Phi) is 36.8. The molecule has 35 nitrogen and oxygen atoms in total. The SMILES string of the molecule is C#CCOCCOCCOCCOCCNC(=O)OC[C@@H](O)[C@@H](O)[C@@H]1OC(C(=O)O)=C[C@H](N=C(N)N)[C@H]1NC(C)=O.C#CCOCCOCCOCCOCCNC(=O)O[C@H](C1COC(=O)O1)[C@@H]1OC(C(=O)OC)=C[C@H](N=C(N)N)[C@H]1NC(C)=O. The molecule has 10 atom stereocenters. The van der Waals surface area contributed by atoms with Gasteiger partial charge in [-0.2, -0.15) is 0 Å². The minimum Gasteiger partial charge on any atom is -0.478 e. The van der Waals surface area contributed by atoms with Crippen LogP contribution in [0.5, 0.6) is 0 Å². The lowest BCUT2D eigenvalue weighted by atomic mass is 9.92. The first-order chi connectivity index (χ1) is 40.7. The van der Waals surface area contributed by atoms with Crippen LogP contribution in [0.4, 0.5) is 14.4 Å². The van der Waals surface area contributed by atoms with Crippen LogP contribution in [-0.2, 0) is 90.2 Å². The average molecular weight is 1220 g/mol. The number of methoxy groups -OCH3 is 1. The number of aliphatic carboxylic acids is 1. The Hall–Kier alpha value is -7.97. The summed E-state index contributed by atoms with van der Waals surface area (Å²) in [4.78, 5) is 92.0. The molecule has 0 aromatic carbocycles. The molecule has 3 aliphatic heterocycles. The summed E-state index contributed by atoms with van der Waals surface area (Å²) in [6.07, 6.45) is 0.528. The van der Waals surface area contributed by atoms with Gasteiger partial charge in [0.15, 0.2) is 30.2 Å². The molecule has 478 valence electrons. The molecule has 3 heterocycles. The van der Waals surface area contributed by atoms with E-state index in [1.165, 1.54) is 19.9 Å². The summed E-state index contributed by atoms with van der Waals surface area (Å²) in [7, 11) is 1.12. The van der Waals surface area contributed by atoms with Crippen molar-refractivity contribution in [1.82, 2.24) is 21.3 Å². The maximum Gasteiger partial charge on any atom is 0.508 e. The highest BCUT2D eigenvalue weighted by molar-refractivity contribution is 5.87. The molecule has 0 aliphatic carbocycles. The second kappa shape index (κ2) is 42.8. The van der Waals surface area contributed by atoms with Gasteiger partial charge in [-0.1, -0.05) is 11.8 Å². The Labute approximate surface area is 489 Å². The maximum absolute atomic E-state index is 12.8. The molecular formula is C50H78N10O25. The number of nitrogens with zero attached hydrogens (tertiary/aromatic N) is 2. The molecule has 1 unspecified atom stereocenters. The molecule has 1 saturated heterocycles. The number of guanidine groups is 2. The Morgan fingerprint density at radius 2 is 1.07 bits per heavy atom. The van der Waals surface area contributed by atoms with Gasteiger partial charge in [-0.25, -0.2) is 34.0 Å². The van der Waals surface area contributed by atoms with Crippen LogP contribution in [0.25, 0.3) is 0 Å². The maximum atomic E-state index is 12.8. The predicted molar refractivity (Wildman–Crippen MR) is 290 cm³/mol. The average Bonchev–Trinajstić information content (AvgIpc) is 2.58. The summed E-state index contributed by atoms with van der Waals surface area (Å²) < 4.78 is 78.5. The topological polar surface area (TPSA) is 496 Å². The highest BCUT2D eigenvalue weighted by Crippen LogP contribution is 2.30. The van der Waals surface area contributed by atoms with E-state index < -0.39 is 121 Å². The standard InChI is InChI=1S/C26H39N5O13.C24H39N5O12/c1-4-6-37-8-10-39-12-13-40-11-9-38-7-5-29-25(34)44-21(19-15-41-26(35)43-19)22-20(30-16(2)32)17(31-24(27)28)14-18(42-22)23(33)36-3;1-3-5-36-7-9-38-11-12-39-10-8-37-6-4-27-24(35)40-14-17(31)20(32)21-19(28-15(2)30)16(29-23(25)26)13-18(41-21)22(33)34/h1,14,17,19-22H,5-13,15H2,2-3H3,(H,29,34)(H,30,32)(H4,27,28,31);1,13,16-17,19-21,31-32H,4-12,14H2,2H3,(H,27,35)(H,28,30)(H,33,34)(H4,25,26,29)/t17-,19?,20+,21+,22+;16-,17+,19+,20+,21+/m00/s1. The monoisotopic (exact) mass is 1220 g/mol. The molecule has 0 aromatic heterocycles. The second-order valence-corrected chi connectivity index (χ2v) is 17.4. The third-order valence-electron chi connectivity index (χ3n) is 10.8. The van der Waals surface area contributed by atoms with Gasteiger partial charge in [0, 0.05) is 26.9 Å². The van der Waals surface area contributed by atoms with Crippen LogP contribution in [0.2, 0.25) is 0 Å². The van der Waals surface area contributed by atoms with Crippen molar-refractivity contribution in [3.05, 3.63) is 23.7 Å². The fourth-order valence-electron chi connectivity index (χ4n) is 7.29. The number of terminal acetylenes is 2. The van der Waals surface area contributed by atoms with Gasteiger partial charge in [-0.15, -0.1) is 12.8 Å². The molecule has 35 heteroatoms. The van der Waals surface area contributed by atoms with Gasteiger partial charge in [0.1, 0.15) is 44.7 Å². The van der Waals surface area contributed by atoms with Gasteiger partial charge in [0.25, 0.3) is 0 Å². The van der Waals surface area contributed by atoms with E-state index in [1.807, 2.05) is 0 Å². The minimum atomic E-state index is -1.82. The predicted octanol–water partition coefficient (Wildman–Crippen LogP) is -5.43. The van der Waals surface area contributed by atoms with E-state index in [-0.39, 0.29) is 71.1 Å². The minimum absolute atomic E-state index is 0.0395. The highest BCUT2D eigenvalue weighted by Gasteiger charge is 2.50. The summed E-state index contributed by atoms with van der Waals surface area (Å²) in [5.41, 5.74) is 21.9. The van der Waals surface area contributed by atoms with E-state index in [4.69, 9.17) is 107 Å². The van der Waals surface area contributed by atoms with Gasteiger partial charge >= 0.3 is 30.3 Å². The number of nitrogens with one attached hydrogen (secondary N) is 4. The zero-order valence-corrected chi connectivity index (χ0v) is 47.3. The Balaban J connectivity index is 0.000000582. The number of rotatable bonds is 39. The second-order valence-electron chi connectivity index (χ2n) is 17.4. The number of esters is 1. The van der Waals surface area contributed by atoms with Crippen molar-refractivity contribution >= 4 is 54.0 Å². The molecule has 0 aromatic rings.